The minimum absolute atomic E-state index is 1.05. The normalized spacial score (nSPS) is 11.0. The van der Waals surface area contributed by atoms with Crippen LogP contribution in [-0.2, 0) is 0 Å². The fourth-order valence-corrected chi connectivity index (χ4v) is 8.32. The van der Waals surface area contributed by atoms with Crippen molar-refractivity contribution >= 4 is 39.2 Å². The maximum Gasteiger partial charge on any atom is 0.0540 e. The summed E-state index contributed by atoms with van der Waals surface area (Å²) >= 11 is 0. The fourth-order valence-electron chi connectivity index (χ4n) is 8.32. The lowest BCUT2D eigenvalue weighted by Crippen LogP contribution is -2.11. The summed E-state index contributed by atoms with van der Waals surface area (Å²) in [5.41, 5.74) is 17.2. The molecule has 0 aromatic heterocycles. The lowest BCUT2D eigenvalue weighted by Gasteiger charge is -2.28. The van der Waals surface area contributed by atoms with Crippen molar-refractivity contribution in [1.82, 2.24) is 0 Å². The van der Waals surface area contributed by atoms with E-state index in [9.17, 15) is 0 Å². The van der Waals surface area contributed by atoms with Crippen LogP contribution < -0.4 is 10.2 Å². The van der Waals surface area contributed by atoms with Crippen LogP contribution in [0.5, 0.6) is 0 Å². The molecule has 0 amide bonds. The summed E-state index contributed by atoms with van der Waals surface area (Å²) in [6, 6.07) is 89.0. The van der Waals surface area contributed by atoms with Crippen molar-refractivity contribution < 1.29 is 0 Å². The summed E-state index contributed by atoms with van der Waals surface area (Å²) in [5, 5.41) is 6.31. The van der Waals surface area contributed by atoms with Crippen molar-refractivity contribution in [3.8, 4) is 55.6 Å². The molecule has 0 heterocycles. The van der Waals surface area contributed by atoms with Crippen LogP contribution in [0.4, 0.5) is 28.4 Å². The molecule has 10 aromatic carbocycles. The molecule has 0 aliphatic rings. The average molecular weight is 767 g/mol. The van der Waals surface area contributed by atoms with Gasteiger partial charge in [-0.15, -0.1) is 0 Å². The van der Waals surface area contributed by atoms with Crippen molar-refractivity contribution in [3.05, 3.63) is 249 Å². The van der Waals surface area contributed by atoms with E-state index in [4.69, 9.17) is 0 Å². The topological polar surface area (TPSA) is 15.3 Å². The van der Waals surface area contributed by atoms with Crippen LogP contribution >= 0.6 is 0 Å². The van der Waals surface area contributed by atoms with Gasteiger partial charge in [-0.05, 0) is 92.2 Å². The van der Waals surface area contributed by atoms with Crippen molar-refractivity contribution in [2.75, 3.05) is 10.2 Å². The summed E-state index contributed by atoms with van der Waals surface area (Å²) in [4.78, 5) is 2.37. The van der Waals surface area contributed by atoms with E-state index in [1.54, 1.807) is 0 Å². The van der Waals surface area contributed by atoms with Crippen molar-refractivity contribution in [3.63, 3.8) is 0 Å². The van der Waals surface area contributed by atoms with Gasteiger partial charge in [-0.2, -0.15) is 0 Å². The molecule has 10 rings (SSSR count). The number of nitrogens with zero attached hydrogens (tertiary/aromatic N) is 1. The van der Waals surface area contributed by atoms with Crippen molar-refractivity contribution in [2.24, 2.45) is 0 Å². The molecule has 0 spiro atoms. The highest BCUT2D eigenvalue weighted by Crippen LogP contribution is 2.43. The first kappa shape index (κ1) is 36.4. The molecular formula is C58H42N2. The Labute approximate surface area is 352 Å². The SMILES string of the molecule is c1ccc(-c2ccc(-c3ccc(N(c4ccc(-c5ccccc5Nc5ccc6ccccc6c5-c5ccccc5)cc4)c4ccccc4-c4ccccc4)cc3)cc2)cc1. The quantitative estimate of drug-likeness (QED) is 0.149. The Balaban J connectivity index is 1.01. The maximum atomic E-state index is 3.86. The van der Waals surface area contributed by atoms with Gasteiger partial charge in [0.05, 0.1) is 5.69 Å². The van der Waals surface area contributed by atoms with Crippen LogP contribution in [0.15, 0.2) is 249 Å². The number of hydrogen-bond acceptors (Lipinski definition) is 2. The molecule has 0 saturated carbocycles. The second-order valence-corrected chi connectivity index (χ2v) is 15.0. The number of nitrogens with one attached hydrogen (secondary N) is 1. The molecular weight excluding hydrogens is 725 g/mol. The molecule has 284 valence electrons. The van der Waals surface area contributed by atoms with Gasteiger partial charge in [-0.1, -0.05) is 206 Å². The smallest absolute Gasteiger partial charge is 0.0540 e. The standard InChI is InChI=1S/C58H42N2/c1-4-16-42(17-5-1)43-28-30-44(31-29-43)45-32-37-50(38-33-45)60(57-27-15-13-24-53(57)46-18-6-2-7-19-46)51-39-34-48(35-40-51)52-23-12-14-26-55(52)59-56-41-36-47-20-10-11-25-54(47)58(56)49-21-8-3-9-22-49/h1-41,59H. The Bertz CT molecular complexity index is 3010. The summed E-state index contributed by atoms with van der Waals surface area (Å²) in [5.74, 6) is 0. The van der Waals surface area contributed by atoms with Crippen molar-refractivity contribution in [1.29, 1.82) is 0 Å². The third kappa shape index (κ3) is 7.35. The molecule has 60 heavy (non-hydrogen) atoms. The van der Waals surface area contributed by atoms with E-state index < -0.39 is 0 Å². The van der Waals surface area contributed by atoms with Gasteiger partial charge in [-0.3, -0.25) is 0 Å². The third-order valence-corrected chi connectivity index (χ3v) is 11.3. The molecule has 0 aliphatic carbocycles. The number of para-hydroxylation sites is 2. The molecule has 0 bridgehead atoms. The molecule has 0 aliphatic heterocycles. The van der Waals surface area contributed by atoms with Crippen LogP contribution in [0.2, 0.25) is 0 Å². The van der Waals surface area contributed by atoms with E-state index in [-0.39, 0.29) is 0 Å². The van der Waals surface area contributed by atoms with Gasteiger partial charge < -0.3 is 10.2 Å². The molecule has 0 fully saturated rings. The van der Waals surface area contributed by atoms with Gasteiger partial charge in [0.1, 0.15) is 0 Å². The number of hydrogen-bond donors (Lipinski definition) is 1. The lowest BCUT2D eigenvalue weighted by molar-refractivity contribution is 1.28. The highest BCUT2D eigenvalue weighted by Gasteiger charge is 2.18. The van der Waals surface area contributed by atoms with E-state index >= 15 is 0 Å². The second-order valence-electron chi connectivity index (χ2n) is 15.0. The predicted octanol–water partition coefficient (Wildman–Crippen LogP) is 16.4. The molecule has 10 aromatic rings. The van der Waals surface area contributed by atoms with Gasteiger partial charge in [-0.25, -0.2) is 0 Å². The summed E-state index contributed by atoms with van der Waals surface area (Å²) < 4.78 is 0. The second kappa shape index (κ2) is 16.5. The monoisotopic (exact) mass is 766 g/mol. The first-order chi connectivity index (χ1) is 29.8. The van der Waals surface area contributed by atoms with Gasteiger partial charge >= 0.3 is 0 Å². The van der Waals surface area contributed by atoms with Crippen LogP contribution in [0.3, 0.4) is 0 Å². The molecule has 0 saturated heterocycles. The zero-order valence-electron chi connectivity index (χ0n) is 33.1. The summed E-state index contributed by atoms with van der Waals surface area (Å²) in [7, 11) is 0. The average Bonchev–Trinajstić information content (AvgIpc) is 3.33. The fraction of sp³-hybridized carbons (Fsp3) is 0. The molecule has 0 radical (unpaired) electrons. The van der Waals surface area contributed by atoms with E-state index in [1.165, 1.54) is 55.3 Å². The molecule has 0 unspecified atom stereocenters. The first-order valence-electron chi connectivity index (χ1n) is 20.5. The van der Waals surface area contributed by atoms with E-state index in [2.05, 4.69) is 259 Å². The van der Waals surface area contributed by atoms with Crippen LogP contribution in [0.25, 0.3) is 66.4 Å². The Hall–Kier alpha value is -7.94. The number of benzene rings is 10. The van der Waals surface area contributed by atoms with E-state index in [0.717, 1.165) is 39.6 Å². The van der Waals surface area contributed by atoms with Gasteiger partial charge in [0.15, 0.2) is 0 Å². The van der Waals surface area contributed by atoms with Gasteiger partial charge in [0, 0.05) is 39.4 Å². The third-order valence-electron chi connectivity index (χ3n) is 11.3. The highest BCUT2D eigenvalue weighted by atomic mass is 15.1. The number of fused-ring (bicyclic) bond motifs is 1. The Kier molecular flexibility index (Phi) is 10.0. The molecule has 2 heteroatoms. The summed E-state index contributed by atoms with van der Waals surface area (Å²) in [6.07, 6.45) is 0. The minimum atomic E-state index is 1.05. The zero-order valence-corrected chi connectivity index (χ0v) is 33.1. The first-order valence-corrected chi connectivity index (χ1v) is 20.5. The van der Waals surface area contributed by atoms with Gasteiger partial charge in [0.25, 0.3) is 0 Å². The largest absolute Gasteiger partial charge is 0.354 e. The Morgan fingerprint density at radius 2 is 0.700 bits per heavy atom. The summed E-state index contributed by atoms with van der Waals surface area (Å²) in [6.45, 7) is 0. The van der Waals surface area contributed by atoms with Gasteiger partial charge in [0.2, 0.25) is 0 Å². The number of rotatable bonds is 10. The maximum absolute atomic E-state index is 3.86. The number of anilines is 5. The Morgan fingerprint density at radius 3 is 1.33 bits per heavy atom. The molecule has 2 nitrogen and oxygen atoms in total. The predicted molar refractivity (Wildman–Crippen MR) is 256 cm³/mol. The van der Waals surface area contributed by atoms with Crippen LogP contribution in [0, 0.1) is 0 Å². The lowest BCUT2D eigenvalue weighted by atomic mass is 9.95. The molecule has 0 atom stereocenters. The molecule has 1 N–H and O–H groups in total. The highest BCUT2D eigenvalue weighted by molar-refractivity contribution is 6.04. The van der Waals surface area contributed by atoms with E-state index in [1.807, 2.05) is 0 Å². The zero-order chi connectivity index (χ0) is 40.1. The van der Waals surface area contributed by atoms with Crippen molar-refractivity contribution in [2.45, 2.75) is 0 Å². The Morgan fingerprint density at radius 1 is 0.267 bits per heavy atom. The minimum Gasteiger partial charge on any atom is -0.354 e. The van der Waals surface area contributed by atoms with Crippen LogP contribution in [0.1, 0.15) is 0 Å². The van der Waals surface area contributed by atoms with Crippen LogP contribution in [-0.4, -0.2) is 0 Å². The van der Waals surface area contributed by atoms with E-state index in [0.29, 0.717) is 0 Å².